The number of anilines is 1. The van der Waals surface area contributed by atoms with Crippen molar-refractivity contribution in [2.45, 2.75) is 32.4 Å². The van der Waals surface area contributed by atoms with E-state index in [-0.39, 0.29) is 18.1 Å². The molecule has 86 valence electrons. The highest BCUT2D eigenvalue weighted by molar-refractivity contribution is 9.10. The molecule has 0 spiro atoms. The van der Waals surface area contributed by atoms with Gasteiger partial charge in [0.25, 0.3) is 5.56 Å². The fourth-order valence-corrected chi connectivity index (χ4v) is 2.32. The Labute approximate surface area is 101 Å². The van der Waals surface area contributed by atoms with E-state index in [1.54, 1.807) is 0 Å². The van der Waals surface area contributed by atoms with Gasteiger partial charge in [0.1, 0.15) is 12.0 Å². The predicted molar refractivity (Wildman–Crippen MR) is 63.7 cm³/mol. The molecule has 1 N–H and O–H groups in total. The first-order valence-electron chi connectivity index (χ1n) is 5.13. The number of nitrogens with one attached hydrogen (secondary N) is 1. The van der Waals surface area contributed by atoms with E-state index in [0.29, 0.717) is 16.7 Å². The monoisotopic (exact) mass is 285 g/mol. The van der Waals surface area contributed by atoms with Gasteiger partial charge in [-0.1, -0.05) is 0 Å². The number of aldehydes is 1. The molecule has 2 rings (SSSR count). The molecule has 5 nitrogen and oxygen atoms in total. The van der Waals surface area contributed by atoms with Crippen LogP contribution in [0.3, 0.4) is 0 Å². The molecular formula is C10H12BrN3O2. The Morgan fingerprint density at radius 2 is 2.44 bits per heavy atom. The number of fused-ring (bicyclic) bond motifs is 1. The molecule has 1 atom stereocenters. The minimum absolute atomic E-state index is 0.0236. The first-order valence-corrected chi connectivity index (χ1v) is 5.92. The van der Waals surface area contributed by atoms with Crippen molar-refractivity contribution in [3.05, 3.63) is 20.8 Å². The van der Waals surface area contributed by atoms with Gasteiger partial charge in [0.05, 0.1) is 12.2 Å². The van der Waals surface area contributed by atoms with Gasteiger partial charge in [0, 0.05) is 6.04 Å². The molecule has 1 aliphatic rings. The molecule has 2 heterocycles. The minimum atomic E-state index is -0.185. The lowest BCUT2D eigenvalue weighted by atomic mass is 10.0. The molecule has 16 heavy (non-hydrogen) atoms. The third-order valence-corrected chi connectivity index (χ3v) is 3.26. The molecule has 0 fully saturated rings. The summed E-state index contributed by atoms with van der Waals surface area (Å²) in [7, 11) is 0. The van der Waals surface area contributed by atoms with Crippen LogP contribution in [0.4, 0.5) is 5.69 Å². The highest BCUT2D eigenvalue weighted by atomic mass is 79.9. The summed E-state index contributed by atoms with van der Waals surface area (Å²) in [5.74, 6) is 0. The fourth-order valence-electron chi connectivity index (χ4n) is 1.80. The van der Waals surface area contributed by atoms with Crippen LogP contribution in [0.25, 0.3) is 0 Å². The van der Waals surface area contributed by atoms with Gasteiger partial charge < -0.3 is 10.1 Å². The van der Waals surface area contributed by atoms with Gasteiger partial charge in [-0.3, -0.25) is 9.36 Å². The molecule has 0 radical (unpaired) electrons. The van der Waals surface area contributed by atoms with Crippen LogP contribution in [-0.2, 0) is 17.8 Å². The molecule has 1 unspecified atom stereocenters. The highest BCUT2D eigenvalue weighted by Crippen LogP contribution is 2.21. The maximum Gasteiger partial charge on any atom is 0.278 e. The summed E-state index contributed by atoms with van der Waals surface area (Å²) in [4.78, 5) is 26.8. The molecule has 6 heteroatoms. The predicted octanol–water partition coefficient (Wildman–Crippen LogP) is 0.951. The van der Waals surface area contributed by atoms with Crippen molar-refractivity contribution in [1.29, 1.82) is 0 Å². The molecule has 1 aliphatic heterocycles. The molecule has 1 aromatic rings. The summed E-state index contributed by atoms with van der Waals surface area (Å²) < 4.78 is 1.73. The Kier molecular flexibility index (Phi) is 3.09. The maximum atomic E-state index is 12.0. The van der Waals surface area contributed by atoms with Crippen LogP contribution < -0.4 is 10.9 Å². The largest absolute Gasteiger partial charge is 0.377 e. The molecule has 0 aliphatic carbocycles. The zero-order valence-electron chi connectivity index (χ0n) is 8.86. The summed E-state index contributed by atoms with van der Waals surface area (Å²) in [6.07, 6.45) is 2.44. The first-order chi connectivity index (χ1) is 7.63. The standard InChI is InChI=1S/C10H12BrN3O2/c1-6-2-3-7-8(12-6)9(16)14(4-5-15)10(11)13-7/h5-6,12H,2-4H2,1H3. The first kappa shape index (κ1) is 11.3. The van der Waals surface area contributed by atoms with Crippen LogP contribution >= 0.6 is 15.9 Å². The third kappa shape index (κ3) is 1.89. The smallest absolute Gasteiger partial charge is 0.278 e. The zero-order chi connectivity index (χ0) is 11.7. The zero-order valence-corrected chi connectivity index (χ0v) is 10.5. The van der Waals surface area contributed by atoms with Gasteiger partial charge in [-0.2, -0.15) is 0 Å². The lowest BCUT2D eigenvalue weighted by Crippen LogP contribution is -2.33. The highest BCUT2D eigenvalue weighted by Gasteiger charge is 2.21. The lowest BCUT2D eigenvalue weighted by Gasteiger charge is -2.23. The maximum absolute atomic E-state index is 12.0. The summed E-state index contributed by atoms with van der Waals surface area (Å²) in [5, 5.41) is 3.12. The van der Waals surface area contributed by atoms with E-state index in [2.05, 4.69) is 26.2 Å². The average Bonchev–Trinajstić information content (AvgIpc) is 2.26. The Hall–Kier alpha value is -1.17. The third-order valence-electron chi connectivity index (χ3n) is 2.66. The van der Waals surface area contributed by atoms with E-state index < -0.39 is 0 Å². The van der Waals surface area contributed by atoms with Gasteiger partial charge in [-0.05, 0) is 35.7 Å². The van der Waals surface area contributed by atoms with Gasteiger partial charge in [0.2, 0.25) is 0 Å². The normalized spacial score (nSPS) is 18.8. The van der Waals surface area contributed by atoms with E-state index in [9.17, 15) is 9.59 Å². The number of aryl methyl sites for hydroxylation is 1. The molecule has 1 aromatic heterocycles. The average molecular weight is 286 g/mol. The summed E-state index contributed by atoms with van der Waals surface area (Å²) in [6, 6.07) is 0.271. The van der Waals surface area contributed by atoms with Crippen molar-refractivity contribution in [3.63, 3.8) is 0 Å². The van der Waals surface area contributed by atoms with E-state index in [1.165, 1.54) is 4.57 Å². The van der Waals surface area contributed by atoms with Crippen molar-refractivity contribution in [2.75, 3.05) is 5.32 Å². The fraction of sp³-hybridized carbons (Fsp3) is 0.500. The molecule has 0 saturated heterocycles. The second kappa shape index (κ2) is 4.37. The number of carbonyl (C=O) groups is 1. The Morgan fingerprint density at radius 1 is 1.69 bits per heavy atom. The summed E-state index contributed by atoms with van der Waals surface area (Å²) in [5.41, 5.74) is 1.12. The number of nitrogens with zero attached hydrogens (tertiary/aromatic N) is 2. The van der Waals surface area contributed by atoms with Crippen molar-refractivity contribution in [1.82, 2.24) is 9.55 Å². The van der Waals surface area contributed by atoms with Crippen LogP contribution in [0.2, 0.25) is 0 Å². The van der Waals surface area contributed by atoms with Crippen LogP contribution in [0.1, 0.15) is 19.0 Å². The second-order valence-corrected chi connectivity index (χ2v) is 4.58. The second-order valence-electron chi connectivity index (χ2n) is 3.87. The van der Waals surface area contributed by atoms with Crippen LogP contribution in [-0.4, -0.2) is 21.9 Å². The van der Waals surface area contributed by atoms with Crippen molar-refractivity contribution < 1.29 is 4.79 Å². The molecule has 0 bridgehead atoms. The van der Waals surface area contributed by atoms with Gasteiger partial charge >= 0.3 is 0 Å². The number of aromatic nitrogens is 2. The quantitative estimate of drug-likeness (QED) is 0.649. The lowest BCUT2D eigenvalue weighted by molar-refractivity contribution is -0.108. The van der Waals surface area contributed by atoms with Crippen LogP contribution in [0, 0.1) is 0 Å². The summed E-state index contributed by atoms with van der Waals surface area (Å²) in [6.45, 7) is 2.05. The number of halogens is 1. The number of hydrogen-bond donors (Lipinski definition) is 1. The van der Waals surface area contributed by atoms with Crippen LogP contribution in [0.15, 0.2) is 9.53 Å². The van der Waals surface area contributed by atoms with Crippen LogP contribution in [0.5, 0.6) is 0 Å². The van der Waals surface area contributed by atoms with E-state index in [1.807, 2.05) is 6.92 Å². The Balaban J connectivity index is 2.56. The van der Waals surface area contributed by atoms with Crippen molar-refractivity contribution in [3.8, 4) is 0 Å². The molecule has 0 amide bonds. The Morgan fingerprint density at radius 3 is 3.12 bits per heavy atom. The Bertz CT molecular complexity index is 484. The van der Waals surface area contributed by atoms with E-state index >= 15 is 0 Å². The summed E-state index contributed by atoms with van der Waals surface area (Å²) >= 11 is 3.21. The van der Waals surface area contributed by atoms with Crippen molar-refractivity contribution in [2.24, 2.45) is 0 Å². The number of rotatable bonds is 2. The minimum Gasteiger partial charge on any atom is -0.377 e. The van der Waals surface area contributed by atoms with E-state index in [4.69, 9.17) is 0 Å². The van der Waals surface area contributed by atoms with E-state index in [0.717, 1.165) is 18.5 Å². The van der Waals surface area contributed by atoms with Crippen molar-refractivity contribution >= 4 is 27.9 Å². The number of hydrogen-bond acceptors (Lipinski definition) is 4. The SMILES string of the molecule is CC1CCc2nc(Br)n(CC=O)c(=O)c2N1. The van der Waals surface area contributed by atoms with Gasteiger partial charge in [0.15, 0.2) is 4.73 Å². The molecule has 0 saturated carbocycles. The van der Waals surface area contributed by atoms with Gasteiger partial charge in [-0.25, -0.2) is 4.98 Å². The number of carbonyl (C=O) groups excluding carboxylic acids is 1. The topological polar surface area (TPSA) is 64.0 Å². The van der Waals surface area contributed by atoms with Gasteiger partial charge in [-0.15, -0.1) is 0 Å². The molecule has 0 aromatic carbocycles. The molecular weight excluding hydrogens is 274 g/mol.